The normalized spacial score (nSPS) is 14.6. The molecule has 0 saturated heterocycles. The maximum absolute atomic E-state index is 13.9. The molecule has 0 unspecified atom stereocenters. The van der Waals surface area contributed by atoms with Crippen LogP contribution in [0.3, 0.4) is 0 Å². The summed E-state index contributed by atoms with van der Waals surface area (Å²) in [5.41, 5.74) is 2.02. The van der Waals surface area contributed by atoms with Crippen molar-refractivity contribution in [2.24, 2.45) is 0 Å². The summed E-state index contributed by atoms with van der Waals surface area (Å²) in [5.74, 6) is -0.595. The predicted octanol–water partition coefficient (Wildman–Crippen LogP) is 5.29. The lowest BCUT2D eigenvalue weighted by atomic mass is 10.1. The van der Waals surface area contributed by atoms with Crippen molar-refractivity contribution in [1.82, 2.24) is 9.62 Å². The van der Waals surface area contributed by atoms with Gasteiger partial charge in [-0.15, -0.1) is 0 Å². The van der Waals surface area contributed by atoms with Crippen LogP contribution in [0.1, 0.15) is 11.1 Å². The number of rotatable bonds is 9. The van der Waals surface area contributed by atoms with Gasteiger partial charge in [0.1, 0.15) is 10.6 Å². The molecule has 1 N–H and O–H groups in total. The molecule has 11 heteroatoms. The molecule has 0 radical (unpaired) electrons. The number of nitrogens with zero attached hydrogens (tertiary/aromatic N) is 2. The molecule has 1 aliphatic heterocycles. The molecule has 5 rings (SSSR count). The molecule has 4 aromatic carbocycles. The predicted molar refractivity (Wildman–Crippen MR) is 162 cm³/mol. The molecule has 0 saturated carbocycles. The maximum atomic E-state index is 13.9. The second kappa shape index (κ2) is 13.0. The minimum absolute atomic E-state index is 0.0169. The Kier molecular flexibility index (Phi) is 9.13. The molecule has 0 fully saturated rings. The summed E-state index contributed by atoms with van der Waals surface area (Å²) in [5, 5.41) is 3.03. The van der Waals surface area contributed by atoms with Gasteiger partial charge in [0.2, 0.25) is 15.9 Å². The number of benzene rings is 4. The highest BCUT2D eigenvalue weighted by atomic mass is 35.5. The SMILES string of the molecule is O=C(NCc1ccccc1)[C@H]1CN(C(=O)CN(Cc2ccccc2)S(=O)(=O)c2cc(Cl)ccc2Cl)c2ccccc2O1. The van der Waals surface area contributed by atoms with Crippen LogP contribution >= 0.6 is 23.2 Å². The van der Waals surface area contributed by atoms with Crippen LogP contribution < -0.4 is 15.0 Å². The lowest BCUT2D eigenvalue weighted by Crippen LogP contribution is -2.52. The Morgan fingerprint density at radius 1 is 0.881 bits per heavy atom. The van der Waals surface area contributed by atoms with Crippen LogP contribution in [0, 0.1) is 0 Å². The van der Waals surface area contributed by atoms with Gasteiger partial charge in [0.15, 0.2) is 6.10 Å². The van der Waals surface area contributed by atoms with E-state index in [2.05, 4.69) is 5.32 Å². The molecule has 0 aromatic heterocycles. The summed E-state index contributed by atoms with van der Waals surface area (Å²) in [6.07, 6.45) is -1.01. The first-order valence-corrected chi connectivity index (χ1v) is 15.3. The average Bonchev–Trinajstić information content (AvgIpc) is 3.01. The standard InChI is InChI=1S/C31H27Cl2N3O5S/c32-24-15-16-25(33)29(17-24)42(39,40)35(19-23-11-5-2-6-12-23)21-30(37)36-20-28(41-27-14-8-7-13-26(27)36)31(38)34-18-22-9-3-1-4-10-22/h1-17,28H,18-21H2,(H,34,38)/t28-/m1/s1. The summed E-state index contributed by atoms with van der Waals surface area (Å²) in [6.45, 7) is -0.427. The molecule has 1 heterocycles. The quantitative estimate of drug-likeness (QED) is 0.273. The second-order valence-electron chi connectivity index (χ2n) is 9.62. The Labute approximate surface area is 254 Å². The van der Waals surface area contributed by atoms with Crippen LogP contribution in [0.5, 0.6) is 5.75 Å². The number of fused-ring (bicyclic) bond motifs is 1. The first-order valence-electron chi connectivity index (χ1n) is 13.1. The largest absolute Gasteiger partial charge is 0.477 e. The van der Waals surface area contributed by atoms with E-state index in [-0.39, 0.29) is 28.0 Å². The fourth-order valence-electron chi connectivity index (χ4n) is 4.57. The molecule has 1 aliphatic rings. The Bertz CT molecular complexity index is 1690. The first kappa shape index (κ1) is 29.6. The van der Waals surface area contributed by atoms with Crippen LogP contribution in [0.25, 0.3) is 0 Å². The zero-order valence-electron chi connectivity index (χ0n) is 22.3. The number of amides is 2. The van der Waals surface area contributed by atoms with Gasteiger partial charge in [-0.3, -0.25) is 9.59 Å². The van der Waals surface area contributed by atoms with Crippen LogP contribution in [0.15, 0.2) is 108 Å². The highest BCUT2D eigenvalue weighted by Gasteiger charge is 2.36. The van der Waals surface area contributed by atoms with Gasteiger partial charge in [0.05, 0.1) is 23.8 Å². The van der Waals surface area contributed by atoms with Crippen molar-refractivity contribution in [1.29, 1.82) is 0 Å². The van der Waals surface area contributed by atoms with Crippen LogP contribution in [0.2, 0.25) is 10.0 Å². The summed E-state index contributed by atoms with van der Waals surface area (Å²) in [6, 6.07) is 29.3. The van der Waals surface area contributed by atoms with Gasteiger partial charge in [0, 0.05) is 18.1 Å². The third-order valence-corrected chi connectivity index (χ3v) is 9.21. The molecular formula is C31H27Cl2N3O5S. The fourth-order valence-corrected chi connectivity index (χ4v) is 6.68. The van der Waals surface area contributed by atoms with Gasteiger partial charge in [-0.1, -0.05) is 96.0 Å². The number of halogens is 2. The number of carbonyl (C=O) groups excluding carboxylic acids is 2. The van der Waals surface area contributed by atoms with Crippen molar-refractivity contribution in [2.45, 2.75) is 24.1 Å². The van der Waals surface area contributed by atoms with Crippen molar-refractivity contribution in [3.8, 4) is 5.75 Å². The van der Waals surface area contributed by atoms with E-state index in [1.165, 1.54) is 23.1 Å². The van der Waals surface area contributed by atoms with E-state index in [1.54, 1.807) is 48.5 Å². The average molecular weight is 625 g/mol. The van der Waals surface area contributed by atoms with Gasteiger partial charge in [0.25, 0.3) is 5.91 Å². The fraction of sp³-hybridized carbons (Fsp3) is 0.161. The van der Waals surface area contributed by atoms with Gasteiger partial charge in [-0.25, -0.2) is 8.42 Å². The highest BCUT2D eigenvalue weighted by molar-refractivity contribution is 7.89. The zero-order chi connectivity index (χ0) is 29.7. The number of hydrogen-bond acceptors (Lipinski definition) is 5. The topological polar surface area (TPSA) is 96.0 Å². The van der Waals surface area contributed by atoms with E-state index >= 15 is 0 Å². The number of anilines is 1. The monoisotopic (exact) mass is 623 g/mol. The summed E-state index contributed by atoms with van der Waals surface area (Å²) >= 11 is 12.4. The number of hydrogen-bond donors (Lipinski definition) is 1. The number of sulfonamides is 1. The number of nitrogens with one attached hydrogen (secondary N) is 1. The van der Waals surface area contributed by atoms with Crippen molar-refractivity contribution < 1.29 is 22.7 Å². The second-order valence-corrected chi connectivity index (χ2v) is 12.4. The van der Waals surface area contributed by atoms with E-state index in [1.807, 2.05) is 36.4 Å². The lowest BCUT2D eigenvalue weighted by Gasteiger charge is -2.35. The van der Waals surface area contributed by atoms with Crippen LogP contribution in [-0.4, -0.2) is 43.7 Å². The third kappa shape index (κ3) is 6.77. The zero-order valence-corrected chi connectivity index (χ0v) is 24.6. The Morgan fingerprint density at radius 2 is 1.52 bits per heavy atom. The highest BCUT2D eigenvalue weighted by Crippen LogP contribution is 2.34. The van der Waals surface area contributed by atoms with Crippen molar-refractivity contribution >= 4 is 50.7 Å². The molecule has 42 heavy (non-hydrogen) atoms. The summed E-state index contributed by atoms with van der Waals surface area (Å²) in [7, 11) is -4.27. The summed E-state index contributed by atoms with van der Waals surface area (Å²) < 4.78 is 34.8. The molecule has 0 spiro atoms. The van der Waals surface area contributed by atoms with Gasteiger partial charge >= 0.3 is 0 Å². The minimum Gasteiger partial charge on any atom is -0.477 e. The van der Waals surface area contributed by atoms with Crippen LogP contribution in [0.4, 0.5) is 5.69 Å². The van der Waals surface area contributed by atoms with Crippen molar-refractivity contribution in [2.75, 3.05) is 18.0 Å². The van der Waals surface area contributed by atoms with Crippen LogP contribution in [-0.2, 0) is 32.7 Å². The lowest BCUT2D eigenvalue weighted by molar-refractivity contribution is -0.128. The van der Waals surface area contributed by atoms with E-state index in [9.17, 15) is 18.0 Å². The van der Waals surface area contributed by atoms with E-state index in [0.29, 0.717) is 23.5 Å². The Morgan fingerprint density at radius 3 is 2.24 bits per heavy atom. The molecule has 1 atom stereocenters. The van der Waals surface area contributed by atoms with Crippen molar-refractivity contribution in [3.63, 3.8) is 0 Å². The number of ether oxygens (including phenoxy) is 1. The maximum Gasteiger partial charge on any atom is 0.263 e. The molecule has 0 aliphatic carbocycles. The molecule has 216 valence electrons. The molecule has 4 aromatic rings. The van der Waals surface area contributed by atoms with Gasteiger partial charge in [-0.2, -0.15) is 4.31 Å². The van der Waals surface area contributed by atoms with Gasteiger partial charge in [-0.05, 0) is 41.5 Å². The number of para-hydroxylation sites is 2. The van der Waals surface area contributed by atoms with E-state index in [4.69, 9.17) is 27.9 Å². The molecule has 8 nitrogen and oxygen atoms in total. The molecular weight excluding hydrogens is 597 g/mol. The van der Waals surface area contributed by atoms with Crippen molar-refractivity contribution in [3.05, 3.63) is 124 Å². The van der Waals surface area contributed by atoms with E-state index < -0.39 is 34.5 Å². The van der Waals surface area contributed by atoms with E-state index in [0.717, 1.165) is 9.87 Å². The Hall–Kier alpha value is -3.89. The molecule has 0 bridgehead atoms. The minimum atomic E-state index is -4.27. The Balaban J connectivity index is 1.42. The number of carbonyl (C=O) groups is 2. The first-order chi connectivity index (χ1) is 20.2. The summed E-state index contributed by atoms with van der Waals surface area (Å²) in [4.78, 5) is 28.2. The third-order valence-electron chi connectivity index (χ3n) is 6.70. The van der Waals surface area contributed by atoms with Gasteiger partial charge < -0.3 is 15.0 Å². The molecule has 2 amide bonds. The smallest absolute Gasteiger partial charge is 0.263 e.